The number of fused-ring (bicyclic) bond motifs is 12. The van der Waals surface area contributed by atoms with Gasteiger partial charge in [-0.25, -0.2) is 0 Å². The number of para-hydroxylation sites is 2. The number of rotatable bonds is 6. The monoisotopic (exact) mass is 948 g/mol. The van der Waals surface area contributed by atoms with Gasteiger partial charge in [-0.3, -0.25) is 0 Å². The maximum atomic E-state index is 6.25. The second kappa shape index (κ2) is 16.1. The van der Waals surface area contributed by atoms with Crippen molar-refractivity contribution in [2.75, 3.05) is 0 Å². The minimum absolute atomic E-state index is 0.900. The first kappa shape index (κ1) is 42.3. The topological polar surface area (TPSA) is 36.1 Å². The molecule has 15 rings (SSSR count). The Balaban J connectivity index is 0.932. The van der Waals surface area contributed by atoms with Gasteiger partial charge in [-0.15, -0.1) is 0 Å². The molecule has 11 aromatic carbocycles. The molecule has 0 aliphatic rings. The average molecular weight is 949 g/mol. The molecule has 0 unspecified atom stereocenters. The van der Waals surface area contributed by atoms with E-state index < -0.39 is 0 Å². The van der Waals surface area contributed by atoms with Crippen LogP contribution in [0.3, 0.4) is 0 Å². The van der Waals surface area contributed by atoms with Gasteiger partial charge in [-0.2, -0.15) is 0 Å². The third-order valence-corrected chi connectivity index (χ3v) is 15.8. The summed E-state index contributed by atoms with van der Waals surface area (Å²) in [6.45, 7) is 8.88. The smallest absolute Gasteiger partial charge is 0.135 e. The summed E-state index contributed by atoms with van der Waals surface area (Å²) in [4.78, 5) is 0. The molecular weight excluding hydrogens is 901 g/mol. The number of nitrogens with zero attached hydrogens (tertiary/aromatic N) is 2. The Labute approximate surface area is 427 Å². The van der Waals surface area contributed by atoms with Gasteiger partial charge in [-0.05, 0) is 198 Å². The first-order valence-corrected chi connectivity index (χ1v) is 25.6. The molecule has 350 valence electrons. The summed E-state index contributed by atoms with van der Waals surface area (Å²) in [7, 11) is 0. The molecule has 74 heavy (non-hydrogen) atoms. The van der Waals surface area contributed by atoms with Gasteiger partial charge in [0.25, 0.3) is 0 Å². The summed E-state index contributed by atoms with van der Waals surface area (Å²) in [5.41, 5.74) is 25.2. The molecule has 0 aliphatic heterocycles. The molecule has 0 radical (unpaired) electrons. The average Bonchev–Trinajstić information content (AvgIpc) is 4.18. The Kier molecular flexibility index (Phi) is 9.19. The van der Waals surface area contributed by atoms with E-state index in [1.807, 2.05) is 24.3 Å². The molecule has 15 aromatic rings. The molecule has 0 N–H and O–H groups in total. The molecule has 0 saturated carbocycles. The van der Waals surface area contributed by atoms with Crippen LogP contribution in [-0.4, -0.2) is 9.13 Å². The summed E-state index contributed by atoms with van der Waals surface area (Å²) in [5.74, 6) is 0. The van der Waals surface area contributed by atoms with Gasteiger partial charge in [0.05, 0.1) is 22.1 Å². The molecule has 0 atom stereocenters. The number of hydrogen-bond acceptors (Lipinski definition) is 2. The van der Waals surface area contributed by atoms with Gasteiger partial charge >= 0.3 is 0 Å². The fourth-order valence-electron chi connectivity index (χ4n) is 12.4. The second-order valence-electron chi connectivity index (χ2n) is 20.3. The van der Waals surface area contributed by atoms with Crippen LogP contribution in [0.2, 0.25) is 0 Å². The van der Waals surface area contributed by atoms with Crippen molar-refractivity contribution in [3.63, 3.8) is 0 Å². The Hall–Kier alpha value is -9.38. The first-order valence-electron chi connectivity index (χ1n) is 25.6. The zero-order chi connectivity index (χ0) is 49.3. The van der Waals surface area contributed by atoms with Crippen molar-refractivity contribution in [3.8, 4) is 55.9 Å². The third-order valence-electron chi connectivity index (χ3n) is 15.8. The van der Waals surface area contributed by atoms with Gasteiger partial charge in [-0.1, -0.05) is 115 Å². The number of benzene rings is 11. The van der Waals surface area contributed by atoms with E-state index in [1.54, 1.807) is 0 Å². The minimum atomic E-state index is 0.900. The summed E-state index contributed by atoms with van der Waals surface area (Å²) in [6.07, 6.45) is 0. The van der Waals surface area contributed by atoms with E-state index in [4.69, 9.17) is 8.83 Å². The van der Waals surface area contributed by atoms with E-state index in [0.717, 1.165) is 99.6 Å². The van der Waals surface area contributed by atoms with Crippen LogP contribution in [0.1, 0.15) is 22.3 Å². The molecule has 4 heteroatoms. The molecule has 0 amide bonds. The van der Waals surface area contributed by atoms with Crippen LogP contribution in [0.5, 0.6) is 0 Å². The van der Waals surface area contributed by atoms with E-state index in [1.165, 1.54) is 66.1 Å². The Bertz CT molecular complexity index is 4500. The SMILES string of the molecule is Cc1cccc(C)c1-c1ccc2c(c1)c1cc(-c3ccc4oc5ccccc5c4c3)ccc1n2-c1cccc(-n2c3ccc(-c4ccc5oc6ccccc6c5c4)cc3c3cc(-c4c(C)cccc4C)ccc32)c1. The molecule has 0 bridgehead atoms. The van der Waals surface area contributed by atoms with E-state index in [0.29, 0.717) is 0 Å². The van der Waals surface area contributed by atoms with Crippen molar-refractivity contribution in [1.29, 1.82) is 0 Å². The lowest BCUT2D eigenvalue weighted by Crippen LogP contribution is -1.99. The van der Waals surface area contributed by atoms with Crippen molar-refractivity contribution >= 4 is 87.5 Å². The van der Waals surface area contributed by atoms with E-state index in [9.17, 15) is 0 Å². The van der Waals surface area contributed by atoms with E-state index in [2.05, 4.69) is 231 Å². The van der Waals surface area contributed by atoms with Crippen molar-refractivity contribution in [2.45, 2.75) is 27.7 Å². The maximum Gasteiger partial charge on any atom is 0.135 e. The number of hydrogen-bond donors (Lipinski definition) is 0. The highest BCUT2D eigenvalue weighted by molar-refractivity contribution is 6.14. The van der Waals surface area contributed by atoms with Crippen LogP contribution in [0, 0.1) is 27.7 Å². The van der Waals surface area contributed by atoms with Crippen molar-refractivity contribution in [1.82, 2.24) is 9.13 Å². The fraction of sp³-hybridized carbons (Fsp3) is 0.0571. The highest BCUT2D eigenvalue weighted by Gasteiger charge is 2.21. The molecule has 0 spiro atoms. The minimum Gasteiger partial charge on any atom is -0.456 e. The lowest BCUT2D eigenvalue weighted by molar-refractivity contribution is 0.668. The molecule has 0 fully saturated rings. The van der Waals surface area contributed by atoms with Crippen LogP contribution >= 0.6 is 0 Å². The molecule has 4 heterocycles. The number of aromatic nitrogens is 2. The fourth-order valence-corrected chi connectivity index (χ4v) is 12.4. The van der Waals surface area contributed by atoms with Crippen molar-refractivity contribution in [3.05, 3.63) is 241 Å². The normalized spacial score (nSPS) is 12.1. The molecule has 0 aliphatic carbocycles. The summed E-state index contributed by atoms with van der Waals surface area (Å²) in [5, 5.41) is 9.36. The summed E-state index contributed by atoms with van der Waals surface area (Å²) >= 11 is 0. The second-order valence-corrected chi connectivity index (χ2v) is 20.3. The molecular formula is C70H48N2O2. The van der Waals surface area contributed by atoms with Crippen LogP contribution in [0.25, 0.3) is 143 Å². The van der Waals surface area contributed by atoms with E-state index in [-0.39, 0.29) is 0 Å². The van der Waals surface area contributed by atoms with Crippen LogP contribution in [0.15, 0.2) is 227 Å². The van der Waals surface area contributed by atoms with Gasteiger partial charge in [0.15, 0.2) is 0 Å². The molecule has 0 saturated heterocycles. The Morgan fingerprint density at radius 3 is 0.959 bits per heavy atom. The van der Waals surface area contributed by atoms with Crippen LogP contribution in [-0.2, 0) is 0 Å². The largest absolute Gasteiger partial charge is 0.456 e. The van der Waals surface area contributed by atoms with Gasteiger partial charge in [0.1, 0.15) is 22.3 Å². The van der Waals surface area contributed by atoms with Crippen LogP contribution < -0.4 is 0 Å². The highest BCUT2D eigenvalue weighted by atomic mass is 16.3. The van der Waals surface area contributed by atoms with Gasteiger partial charge in [0.2, 0.25) is 0 Å². The van der Waals surface area contributed by atoms with Crippen LogP contribution in [0.4, 0.5) is 0 Å². The zero-order valence-corrected chi connectivity index (χ0v) is 41.5. The number of furan rings is 2. The first-order chi connectivity index (χ1) is 36.3. The summed E-state index contributed by atoms with van der Waals surface area (Å²) in [6, 6.07) is 80.1. The van der Waals surface area contributed by atoms with Crippen molar-refractivity contribution in [2.24, 2.45) is 0 Å². The third kappa shape index (κ3) is 6.41. The maximum absolute atomic E-state index is 6.25. The molecule has 4 aromatic heterocycles. The predicted octanol–water partition coefficient (Wildman–Crippen LogP) is 19.6. The zero-order valence-electron chi connectivity index (χ0n) is 41.5. The summed E-state index contributed by atoms with van der Waals surface area (Å²) < 4.78 is 17.4. The van der Waals surface area contributed by atoms with Gasteiger partial charge < -0.3 is 18.0 Å². The lowest BCUT2D eigenvalue weighted by Gasteiger charge is -2.14. The number of aryl methyl sites for hydroxylation is 4. The highest BCUT2D eigenvalue weighted by Crippen LogP contribution is 2.43. The van der Waals surface area contributed by atoms with E-state index >= 15 is 0 Å². The lowest BCUT2D eigenvalue weighted by atomic mass is 9.94. The van der Waals surface area contributed by atoms with Gasteiger partial charge in [0, 0.05) is 54.5 Å². The quantitative estimate of drug-likeness (QED) is 0.167. The Morgan fingerprint density at radius 1 is 0.243 bits per heavy atom. The Morgan fingerprint density at radius 2 is 0.554 bits per heavy atom. The predicted molar refractivity (Wildman–Crippen MR) is 310 cm³/mol. The molecule has 4 nitrogen and oxygen atoms in total. The standard InChI is InChI=1S/C70H48N2O2/c1-41-12-9-13-42(2)69(41)49-24-30-63-57(38-49)55-34-45(47-26-32-67-59(36-47)53-18-5-7-20-65(53)73-67)22-28-61(55)71(63)51-16-11-17-52(40-51)72-62-29-23-46(48-27-33-68-60(37-48)54-19-6-8-21-66(54)74-68)35-56(62)58-39-50(25-31-64(58)72)70-43(3)14-10-15-44(70)4/h5-40H,1-4H3. The van der Waals surface area contributed by atoms with Crippen molar-refractivity contribution < 1.29 is 8.83 Å².